The van der Waals surface area contributed by atoms with Crippen LogP contribution in [0.3, 0.4) is 0 Å². The summed E-state index contributed by atoms with van der Waals surface area (Å²) in [5.41, 5.74) is 2.33. The average Bonchev–Trinajstić information content (AvgIpc) is 2.71. The van der Waals surface area contributed by atoms with Crippen molar-refractivity contribution in [2.24, 2.45) is 0 Å². The van der Waals surface area contributed by atoms with Gasteiger partial charge in [-0.15, -0.1) is 0 Å². The molecule has 2 aromatic rings. The first-order valence-electron chi connectivity index (χ1n) is 8.96. The first kappa shape index (κ1) is 19.6. The first-order valence-corrected chi connectivity index (χ1v) is 8.96. The Labute approximate surface area is 163 Å². The predicted octanol–water partition coefficient (Wildman–Crippen LogP) is 3.00. The van der Waals surface area contributed by atoms with Gasteiger partial charge in [0.2, 0.25) is 5.91 Å². The highest BCUT2D eigenvalue weighted by Crippen LogP contribution is 2.33. The van der Waals surface area contributed by atoms with E-state index in [0.29, 0.717) is 24.6 Å². The Hall–Kier alpha value is -3.13. The number of ether oxygens (including phenoxy) is 2. The van der Waals surface area contributed by atoms with Gasteiger partial charge >= 0.3 is 0 Å². The Morgan fingerprint density at radius 3 is 2.46 bits per heavy atom. The number of carbonyl (C=O) groups is 1. The van der Waals surface area contributed by atoms with Crippen molar-refractivity contribution in [1.82, 2.24) is 4.90 Å². The second kappa shape index (κ2) is 8.26. The summed E-state index contributed by atoms with van der Waals surface area (Å²) in [7, 11) is 3.20. The van der Waals surface area contributed by atoms with E-state index in [1.807, 2.05) is 17.0 Å². The third-order valence-corrected chi connectivity index (χ3v) is 5.03. The van der Waals surface area contributed by atoms with Crippen molar-refractivity contribution in [3.63, 3.8) is 0 Å². The zero-order chi connectivity index (χ0) is 20.3. The van der Waals surface area contributed by atoms with Crippen molar-refractivity contribution >= 4 is 17.3 Å². The summed E-state index contributed by atoms with van der Waals surface area (Å²) in [6, 6.07) is 9.60. The fourth-order valence-corrected chi connectivity index (χ4v) is 3.38. The van der Waals surface area contributed by atoms with Crippen molar-refractivity contribution in [3.8, 4) is 11.5 Å². The average molecular weight is 385 g/mol. The number of hydrogen-bond donors (Lipinski definition) is 1. The Balaban J connectivity index is 1.75. The van der Waals surface area contributed by atoms with Gasteiger partial charge in [0.15, 0.2) is 11.5 Å². The summed E-state index contributed by atoms with van der Waals surface area (Å²) < 4.78 is 10.7. The van der Waals surface area contributed by atoms with Crippen LogP contribution in [0.2, 0.25) is 0 Å². The van der Waals surface area contributed by atoms with E-state index in [0.717, 1.165) is 12.0 Å². The molecule has 0 bridgehead atoms. The molecule has 1 aliphatic heterocycles. The molecule has 0 saturated carbocycles. The molecule has 0 saturated heterocycles. The van der Waals surface area contributed by atoms with Crippen LogP contribution in [0.1, 0.15) is 18.1 Å². The lowest BCUT2D eigenvalue weighted by Crippen LogP contribution is -2.44. The van der Waals surface area contributed by atoms with Gasteiger partial charge in [0.05, 0.1) is 25.2 Å². The fraction of sp³-hybridized carbons (Fsp3) is 0.350. The van der Waals surface area contributed by atoms with Crippen molar-refractivity contribution in [3.05, 3.63) is 57.6 Å². The smallest absolute Gasteiger partial charge is 0.292 e. The molecule has 0 fully saturated rings. The number of nitro groups is 1. The number of rotatable bonds is 6. The molecule has 148 valence electrons. The summed E-state index contributed by atoms with van der Waals surface area (Å²) >= 11 is 0. The van der Waals surface area contributed by atoms with Crippen molar-refractivity contribution < 1.29 is 19.2 Å². The van der Waals surface area contributed by atoms with Crippen LogP contribution in [0, 0.1) is 10.1 Å². The molecule has 1 amide bonds. The molecular weight excluding hydrogens is 362 g/mol. The number of fused-ring (bicyclic) bond motifs is 1. The lowest BCUT2D eigenvalue weighted by atomic mass is 9.97. The van der Waals surface area contributed by atoms with Gasteiger partial charge in [-0.3, -0.25) is 19.8 Å². The van der Waals surface area contributed by atoms with Crippen LogP contribution in [0.25, 0.3) is 0 Å². The van der Waals surface area contributed by atoms with E-state index >= 15 is 0 Å². The molecule has 2 aromatic carbocycles. The number of nitrogens with one attached hydrogen (secondary N) is 1. The highest BCUT2D eigenvalue weighted by molar-refractivity contribution is 5.96. The normalized spacial score (nSPS) is 14.7. The number of hydrogen-bond acceptors (Lipinski definition) is 6. The van der Waals surface area contributed by atoms with Crippen molar-refractivity contribution in [2.45, 2.75) is 25.9 Å². The lowest BCUT2D eigenvalue weighted by molar-refractivity contribution is -0.383. The summed E-state index contributed by atoms with van der Waals surface area (Å²) in [6.07, 6.45) is 0.777. The number of benzene rings is 2. The first-order chi connectivity index (χ1) is 13.4. The van der Waals surface area contributed by atoms with Crippen LogP contribution in [-0.2, 0) is 17.8 Å². The molecule has 3 rings (SSSR count). The molecule has 8 heteroatoms. The van der Waals surface area contributed by atoms with Crippen molar-refractivity contribution in [1.29, 1.82) is 0 Å². The van der Waals surface area contributed by atoms with Crippen LogP contribution >= 0.6 is 0 Å². The number of nitro benzene ring substituents is 1. The molecule has 1 aliphatic rings. The molecule has 8 nitrogen and oxygen atoms in total. The molecule has 0 spiro atoms. The van der Waals surface area contributed by atoms with E-state index in [1.165, 1.54) is 17.7 Å². The van der Waals surface area contributed by atoms with Crippen LogP contribution in [0.4, 0.5) is 11.4 Å². The summed E-state index contributed by atoms with van der Waals surface area (Å²) in [5, 5.41) is 13.8. The van der Waals surface area contributed by atoms with Gasteiger partial charge in [0, 0.05) is 19.2 Å². The zero-order valence-electron chi connectivity index (χ0n) is 16.1. The number of para-hydroxylation sites is 2. The zero-order valence-corrected chi connectivity index (χ0v) is 16.1. The minimum absolute atomic E-state index is 0.121. The molecule has 0 radical (unpaired) electrons. The van der Waals surface area contributed by atoms with Gasteiger partial charge in [-0.2, -0.15) is 0 Å². The molecule has 1 unspecified atom stereocenters. The third kappa shape index (κ3) is 3.91. The molecule has 1 atom stereocenters. The van der Waals surface area contributed by atoms with E-state index < -0.39 is 11.0 Å². The van der Waals surface area contributed by atoms with E-state index in [9.17, 15) is 14.9 Å². The van der Waals surface area contributed by atoms with Crippen LogP contribution < -0.4 is 14.8 Å². The van der Waals surface area contributed by atoms with Crippen LogP contribution in [-0.4, -0.2) is 42.5 Å². The number of amides is 1. The second-order valence-corrected chi connectivity index (χ2v) is 6.64. The molecule has 0 aromatic heterocycles. The van der Waals surface area contributed by atoms with E-state index in [4.69, 9.17) is 9.47 Å². The van der Waals surface area contributed by atoms with Crippen LogP contribution in [0.15, 0.2) is 36.4 Å². The lowest BCUT2D eigenvalue weighted by Gasteiger charge is -2.33. The number of carbonyl (C=O) groups excluding carboxylic acids is 1. The van der Waals surface area contributed by atoms with Gasteiger partial charge in [-0.1, -0.05) is 12.1 Å². The Kier molecular flexibility index (Phi) is 5.79. The van der Waals surface area contributed by atoms with Gasteiger partial charge in [0.25, 0.3) is 5.69 Å². The number of anilines is 1. The summed E-state index contributed by atoms with van der Waals surface area (Å²) in [4.78, 5) is 25.4. The minimum atomic E-state index is -0.503. The van der Waals surface area contributed by atoms with Gasteiger partial charge in [-0.05, 0) is 42.7 Å². The second-order valence-electron chi connectivity index (χ2n) is 6.64. The predicted molar refractivity (Wildman–Crippen MR) is 105 cm³/mol. The van der Waals surface area contributed by atoms with Gasteiger partial charge in [-0.25, -0.2) is 0 Å². The molecule has 28 heavy (non-hydrogen) atoms. The fourth-order valence-electron chi connectivity index (χ4n) is 3.38. The molecule has 0 aliphatic carbocycles. The molecular formula is C20H23N3O5. The van der Waals surface area contributed by atoms with Crippen molar-refractivity contribution in [2.75, 3.05) is 26.1 Å². The molecule has 1 heterocycles. The quantitative estimate of drug-likeness (QED) is 0.607. The Bertz CT molecular complexity index is 899. The summed E-state index contributed by atoms with van der Waals surface area (Å²) in [6.45, 7) is 3.09. The largest absolute Gasteiger partial charge is 0.493 e. The van der Waals surface area contributed by atoms with E-state index in [2.05, 4.69) is 5.32 Å². The Morgan fingerprint density at radius 1 is 1.18 bits per heavy atom. The van der Waals surface area contributed by atoms with Crippen LogP contribution in [0.5, 0.6) is 11.5 Å². The third-order valence-electron chi connectivity index (χ3n) is 5.03. The monoisotopic (exact) mass is 385 g/mol. The maximum Gasteiger partial charge on any atom is 0.292 e. The number of methoxy groups -OCH3 is 2. The standard InChI is InChI=1S/C20H23N3O5/c1-13(20(24)21-16-6-4-5-7-17(16)23(25)26)22-9-8-14-10-18(27-2)19(28-3)11-15(14)12-22/h4-7,10-11,13H,8-9,12H2,1-3H3,(H,21,24). The topological polar surface area (TPSA) is 93.9 Å². The van der Waals surface area contributed by atoms with E-state index in [1.54, 1.807) is 33.3 Å². The van der Waals surface area contributed by atoms with E-state index in [-0.39, 0.29) is 17.3 Å². The Morgan fingerprint density at radius 2 is 1.82 bits per heavy atom. The summed E-state index contributed by atoms with van der Waals surface area (Å²) in [5.74, 6) is 1.07. The maximum absolute atomic E-state index is 12.7. The minimum Gasteiger partial charge on any atom is -0.493 e. The van der Waals surface area contributed by atoms with Gasteiger partial charge in [0.1, 0.15) is 5.69 Å². The van der Waals surface area contributed by atoms with Gasteiger partial charge < -0.3 is 14.8 Å². The molecule has 1 N–H and O–H groups in total. The number of nitrogens with zero attached hydrogens (tertiary/aromatic N) is 2. The highest BCUT2D eigenvalue weighted by atomic mass is 16.6. The SMILES string of the molecule is COc1cc2c(cc1OC)CN(C(C)C(=O)Nc1ccccc1[N+](=O)[O-])CC2. The maximum atomic E-state index is 12.7. The highest BCUT2D eigenvalue weighted by Gasteiger charge is 2.27.